The fourth-order valence-corrected chi connectivity index (χ4v) is 3.79. The maximum absolute atomic E-state index is 12.2. The summed E-state index contributed by atoms with van der Waals surface area (Å²) in [5.41, 5.74) is 2.63. The Labute approximate surface area is 186 Å². The number of aromatic nitrogens is 2. The fraction of sp³-hybridized carbons (Fsp3) is 0.200. The highest BCUT2D eigenvalue weighted by atomic mass is 79.9. The summed E-state index contributed by atoms with van der Waals surface area (Å²) in [5.74, 6) is -0.249. The van der Waals surface area contributed by atoms with Crippen LogP contribution in [0.3, 0.4) is 0 Å². The fourth-order valence-electron chi connectivity index (χ4n) is 2.90. The Morgan fingerprint density at radius 3 is 2.39 bits per heavy atom. The molecule has 0 atom stereocenters. The van der Waals surface area contributed by atoms with Gasteiger partial charge in [-0.15, -0.1) is 10.1 Å². The summed E-state index contributed by atoms with van der Waals surface area (Å²) >= 11 is 3.39. The molecule has 0 spiro atoms. The lowest BCUT2D eigenvalue weighted by molar-refractivity contribution is -0.757. The molecule has 0 fully saturated rings. The second kappa shape index (κ2) is 9.40. The van der Waals surface area contributed by atoms with E-state index >= 15 is 0 Å². The minimum absolute atomic E-state index is 0.0149. The highest BCUT2D eigenvalue weighted by Crippen LogP contribution is 2.26. The lowest BCUT2D eigenvalue weighted by Gasteiger charge is -2.08. The number of ketones is 1. The van der Waals surface area contributed by atoms with Gasteiger partial charge >= 0.3 is 0 Å². The lowest BCUT2D eigenvalue weighted by Crippen LogP contribution is -2.10. The van der Waals surface area contributed by atoms with Crippen LogP contribution in [0.15, 0.2) is 64.0 Å². The molecule has 31 heavy (non-hydrogen) atoms. The number of carbonyl (C=O) groups is 1. The maximum atomic E-state index is 12.2. The van der Waals surface area contributed by atoms with Crippen molar-refractivity contribution < 1.29 is 23.1 Å². The number of hydrogen-bond acceptors (Lipinski definition) is 7. The molecule has 1 heterocycles. The lowest BCUT2D eigenvalue weighted by atomic mass is 10.1. The Balaban J connectivity index is 1.94. The molecule has 0 aliphatic carbocycles. The van der Waals surface area contributed by atoms with E-state index < -0.39 is 14.9 Å². The van der Waals surface area contributed by atoms with Crippen LogP contribution < -0.4 is 0 Å². The number of nitrogens with zero attached hydrogens (tertiary/aromatic N) is 3. The normalized spacial score (nSPS) is 11.3. The molecule has 0 aliphatic heterocycles. The van der Waals surface area contributed by atoms with Crippen molar-refractivity contribution in [2.45, 2.75) is 17.7 Å². The molecular weight excluding hydrogens is 490 g/mol. The van der Waals surface area contributed by atoms with Gasteiger partial charge in [-0.2, -0.15) is 5.10 Å². The number of Topliss-reactive ketones (excluding diaryl/α,β-unsaturated/α-hetero) is 1. The van der Waals surface area contributed by atoms with Gasteiger partial charge in [-0.05, 0) is 42.5 Å². The number of hydrogen-bond donors (Lipinski definition) is 0. The quantitative estimate of drug-likeness (QED) is 0.321. The van der Waals surface area contributed by atoms with Gasteiger partial charge in [0.2, 0.25) is 0 Å². The Morgan fingerprint density at radius 2 is 1.81 bits per heavy atom. The van der Waals surface area contributed by atoms with E-state index in [1.807, 2.05) is 24.3 Å². The van der Waals surface area contributed by atoms with Crippen molar-refractivity contribution in [2.24, 2.45) is 0 Å². The van der Waals surface area contributed by atoms with E-state index in [1.165, 1.54) is 12.1 Å². The Kier molecular flexibility index (Phi) is 6.86. The van der Waals surface area contributed by atoms with Crippen LogP contribution in [0.2, 0.25) is 0 Å². The van der Waals surface area contributed by atoms with Crippen LogP contribution in [0, 0.1) is 10.1 Å². The molecule has 0 unspecified atom stereocenters. The summed E-state index contributed by atoms with van der Waals surface area (Å²) in [7, 11) is -3.33. The van der Waals surface area contributed by atoms with E-state index in [-0.39, 0.29) is 30.1 Å². The van der Waals surface area contributed by atoms with Crippen molar-refractivity contribution in [1.29, 1.82) is 0 Å². The first-order valence-corrected chi connectivity index (χ1v) is 11.8. The average Bonchev–Trinajstić information content (AvgIpc) is 3.11. The van der Waals surface area contributed by atoms with Crippen LogP contribution in [-0.2, 0) is 25.9 Å². The molecule has 0 bridgehead atoms. The van der Waals surface area contributed by atoms with Crippen molar-refractivity contribution >= 4 is 31.6 Å². The molecule has 0 radical (unpaired) electrons. The molecule has 11 heteroatoms. The van der Waals surface area contributed by atoms with Crippen molar-refractivity contribution in [3.8, 4) is 16.9 Å². The Bertz CT molecular complexity index is 1200. The molecule has 1 aromatic heterocycles. The van der Waals surface area contributed by atoms with Gasteiger partial charge in [0, 0.05) is 22.7 Å². The number of carbonyl (C=O) groups excluding carboxylic acids is 1. The molecule has 0 saturated heterocycles. The molecule has 162 valence electrons. The SMILES string of the molecule is CS(=O)(=O)c1ccc(-c2cc(CC(=O)CCO[N+](=O)[O-])nn2-c2ccc(Br)cc2)cc1. The van der Waals surface area contributed by atoms with Crippen molar-refractivity contribution in [2.75, 3.05) is 12.9 Å². The molecule has 0 aliphatic rings. The molecular formula is C20H18BrN3O6S. The van der Waals surface area contributed by atoms with Gasteiger partial charge in [0.15, 0.2) is 9.84 Å². The number of benzene rings is 2. The van der Waals surface area contributed by atoms with E-state index in [0.29, 0.717) is 11.4 Å². The second-order valence-electron chi connectivity index (χ2n) is 6.73. The van der Waals surface area contributed by atoms with Crippen molar-refractivity contribution in [3.05, 3.63) is 74.9 Å². The molecule has 9 nitrogen and oxygen atoms in total. The van der Waals surface area contributed by atoms with E-state index in [0.717, 1.165) is 22.0 Å². The number of halogens is 1. The van der Waals surface area contributed by atoms with Crippen LogP contribution in [0.25, 0.3) is 16.9 Å². The third kappa shape index (κ3) is 5.98. The van der Waals surface area contributed by atoms with Crippen LogP contribution in [-0.4, -0.2) is 41.9 Å². The first-order chi connectivity index (χ1) is 14.6. The highest BCUT2D eigenvalue weighted by Gasteiger charge is 2.16. The molecule has 0 N–H and O–H groups in total. The van der Waals surface area contributed by atoms with Crippen LogP contribution in [0.5, 0.6) is 0 Å². The smallest absolute Gasteiger partial charge is 0.294 e. The standard InChI is InChI=1S/C20H18BrN3O6S/c1-31(28,29)19-8-2-14(3-9-19)20-13-16(12-18(25)10-11-30-24(26)27)22-23(20)17-6-4-15(21)5-7-17/h2-9,13H,10-12H2,1H3. The number of sulfone groups is 1. The predicted molar refractivity (Wildman–Crippen MR) is 116 cm³/mol. The van der Waals surface area contributed by atoms with Gasteiger partial charge in [-0.3, -0.25) is 4.79 Å². The van der Waals surface area contributed by atoms with Gasteiger partial charge in [0.1, 0.15) is 12.4 Å². The van der Waals surface area contributed by atoms with Crippen LogP contribution in [0.1, 0.15) is 12.1 Å². The summed E-state index contributed by atoms with van der Waals surface area (Å²) in [6.07, 6.45) is 1.02. The van der Waals surface area contributed by atoms with E-state index in [9.17, 15) is 23.3 Å². The second-order valence-corrected chi connectivity index (χ2v) is 9.66. The minimum Gasteiger partial charge on any atom is -0.313 e. The molecule has 2 aromatic carbocycles. The average molecular weight is 508 g/mol. The first-order valence-electron chi connectivity index (χ1n) is 9.08. The first kappa shape index (κ1) is 22.6. The van der Waals surface area contributed by atoms with Gasteiger partial charge < -0.3 is 4.84 Å². The van der Waals surface area contributed by atoms with Crippen molar-refractivity contribution in [1.82, 2.24) is 9.78 Å². The zero-order chi connectivity index (χ0) is 22.6. The van der Waals surface area contributed by atoms with E-state index in [1.54, 1.807) is 22.9 Å². The van der Waals surface area contributed by atoms with Crippen LogP contribution >= 0.6 is 15.9 Å². The largest absolute Gasteiger partial charge is 0.313 e. The molecule has 0 amide bonds. The summed E-state index contributed by atoms with van der Waals surface area (Å²) in [6, 6.07) is 15.5. The third-order valence-corrected chi connectivity index (χ3v) is 6.02. The van der Waals surface area contributed by atoms with Crippen LogP contribution in [0.4, 0.5) is 0 Å². The Morgan fingerprint density at radius 1 is 1.16 bits per heavy atom. The summed E-state index contributed by atoms with van der Waals surface area (Å²) in [4.78, 5) is 26.8. The van der Waals surface area contributed by atoms with Gasteiger partial charge in [-0.1, -0.05) is 28.1 Å². The predicted octanol–water partition coefficient (Wildman–Crippen LogP) is 3.42. The topological polar surface area (TPSA) is 121 Å². The highest BCUT2D eigenvalue weighted by molar-refractivity contribution is 9.10. The molecule has 3 aromatic rings. The van der Waals surface area contributed by atoms with Gasteiger partial charge in [0.25, 0.3) is 5.09 Å². The summed E-state index contributed by atoms with van der Waals surface area (Å²) in [6.45, 7) is -0.306. The van der Waals surface area contributed by atoms with E-state index in [4.69, 9.17) is 0 Å². The third-order valence-electron chi connectivity index (χ3n) is 4.37. The Hall–Kier alpha value is -3.05. The maximum Gasteiger partial charge on any atom is 0.294 e. The van der Waals surface area contributed by atoms with Gasteiger partial charge in [-0.25, -0.2) is 13.1 Å². The minimum atomic E-state index is -3.33. The zero-order valence-corrected chi connectivity index (χ0v) is 18.8. The zero-order valence-electron chi connectivity index (χ0n) is 16.4. The van der Waals surface area contributed by atoms with Gasteiger partial charge in [0.05, 0.1) is 28.4 Å². The van der Waals surface area contributed by atoms with E-state index in [2.05, 4.69) is 25.9 Å². The monoisotopic (exact) mass is 507 g/mol. The van der Waals surface area contributed by atoms with Crippen molar-refractivity contribution in [3.63, 3.8) is 0 Å². The molecule has 0 saturated carbocycles. The molecule has 3 rings (SSSR count). The number of rotatable bonds is 9. The summed E-state index contributed by atoms with van der Waals surface area (Å²) in [5, 5.41) is 13.8. The summed E-state index contributed by atoms with van der Waals surface area (Å²) < 4.78 is 26.0.